The van der Waals surface area contributed by atoms with Gasteiger partial charge in [-0.05, 0) is 19.1 Å². The molecule has 2 rings (SSSR count). The number of rotatable bonds is 2. The minimum atomic E-state index is -0.646. The summed E-state index contributed by atoms with van der Waals surface area (Å²) in [6.45, 7) is 2.02. The molecule has 1 unspecified atom stereocenters. The van der Waals surface area contributed by atoms with Crippen LogP contribution in [0.15, 0.2) is 24.3 Å². The average Bonchev–Trinajstić information content (AvgIpc) is 2.48. The zero-order valence-corrected chi connectivity index (χ0v) is 11.9. The number of benzene rings is 1. The number of hydrogen-bond donors (Lipinski definition) is 2. The summed E-state index contributed by atoms with van der Waals surface area (Å²) in [5, 5.41) is 3.75. The number of carbonyl (C=O) groups excluding carboxylic acids is 3. The van der Waals surface area contributed by atoms with Crippen LogP contribution in [-0.2, 0) is 14.3 Å². The average molecular weight is 291 g/mol. The quantitative estimate of drug-likeness (QED) is 0.797. The fraction of sp³-hybridized carbons (Fsp3) is 0.357. The van der Waals surface area contributed by atoms with Gasteiger partial charge in [0.15, 0.2) is 0 Å². The highest BCUT2D eigenvalue weighted by atomic mass is 16.5. The van der Waals surface area contributed by atoms with Gasteiger partial charge in [-0.3, -0.25) is 15.0 Å². The molecular weight excluding hydrogens is 274 g/mol. The van der Waals surface area contributed by atoms with Crippen molar-refractivity contribution in [3.63, 3.8) is 0 Å². The van der Waals surface area contributed by atoms with Crippen LogP contribution in [-0.4, -0.2) is 36.6 Å². The Bertz CT molecular complexity index is 556. The summed E-state index contributed by atoms with van der Waals surface area (Å²) in [5.41, 5.74) is 4.12. The summed E-state index contributed by atoms with van der Waals surface area (Å²) >= 11 is 0. The predicted molar refractivity (Wildman–Crippen MR) is 75.2 cm³/mol. The topological polar surface area (TPSA) is 87.7 Å². The molecule has 0 bridgehead atoms. The maximum Gasteiger partial charge on any atom is 0.340 e. The van der Waals surface area contributed by atoms with Crippen molar-refractivity contribution in [2.75, 3.05) is 19.0 Å². The van der Waals surface area contributed by atoms with Crippen LogP contribution >= 0.6 is 0 Å². The molecule has 2 N–H and O–H groups in total. The summed E-state index contributed by atoms with van der Waals surface area (Å²) < 4.78 is 4.62. The number of ether oxygens (including phenoxy) is 1. The monoisotopic (exact) mass is 291 g/mol. The molecule has 21 heavy (non-hydrogen) atoms. The highest BCUT2D eigenvalue weighted by Gasteiger charge is 2.33. The second-order valence-corrected chi connectivity index (χ2v) is 4.87. The highest BCUT2D eigenvalue weighted by molar-refractivity contribution is 5.93. The Labute approximate surface area is 122 Å². The first-order chi connectivity index (χ1) is 9.99. The van der Waals surface area contributed by atoms with Crippen LogP contribution in [0.4, 0.5) is 10.5 Å². The third kappa shape index (κ3) is 3.71. The van der Waals surface area contributed by atoms with Gasteiger partial charge in [0, 0.05) is 12.1 Å². The lowest BCUT2D eigenvalue weighted by Gasteiger charge is -2.31. The third-order valence-electron chi connectivity index (χ3n) is 3.18. The SMILES string of the molecule is COC(=O)C1CC(=O)NN(C(=O)Nc2ccc(C)cc2)C1. The number of anilines is 1. The molecule has 1 aliphatic heterocycles. The minimum absolute atomic E-state index is 0.0149. The van der Waals surface area contributed by atoms with Gasteiger partial charge in [-0.25, -0.2) is 9.80 Å². The van der Waals surface area contributed by atoms with E-state index in [0.29, 0.717) is 5.69 Å². The van der Waals surface area contributed by atoms with Crippen molar-refractivity contribution in [3.05, 3.63) is 29.8 Å². The second kappa shape index (κ2) is 6.25. The van der Waals surface area contributed by atoms with Crippen LogP contribution in [0.3, 0.4) is 0 Å². The van der Waals surface area contributed by atoms with Crippen molar-refractivity contribution in [3.8, 4) is 0 Å². The normalized spacial score (nSPS) is 17.9. The summed E-state index contributed by atoms with van der Waals surface area (Å²) in [6.07, 6.45) is 0.0149. The molecule has 1 atom stereocenters. The first-order valence-electron chi connectivity index (χ1n) is 6.52. The van der Waals surface area contributed by atoms with E-state index in [9.17, 15) is 14.4 Å². The summed E-state index contributed by atoms with van der Waals surface area (Å²) in [4.78, 5) is 35.2. The molecule has 1 fully saturated rings. The highest BCUT2D eigenvalue weighted by Crippen LogP contribution is 2.15. The Morgan fingerprint density at radius 2 is 2.00 bits per heavy atom. The molecule has 1 aliphatic rings. The van der Waals surface area contributed by atoms with Crippen LogP contribution in [0.25, 0.3) is 0 Å². The maximum atomic E-state index is 12.1. The van der Waals surface area contributed by atoms with Crippen molar-refractivity contribution < 1.29 is 19.1 Å². The van der Waals surface area contributed by atoms with Gasteiger partial charge in [0.2, 0.25) is 5.91 Å². The van der Waals surface area contributed by atoms with Gasteiger partial charge in [-0.1, -0.05) is 17.7 Å². The number of aryl methyl sites for hydroxylation is 1. The zero-order valence-electron chi connectivity index (χ0n) is 11.9. The lowest BCUT2D eigenvalue weighted by atomic mass is 10.0. The van der Waals surface area contributed by atoms with Crippen molar-refractivity contribution in [1.82, 2.24) is 10.4 Å². The van der Waals surface area contributed by atoms with Crippen molar-refractivity contribution in [2.45, 2.75) is 13.3 Å². The van der Waals surface area contributed by atoms with E-state index in [4.69, 9.17) is 0 Å². The van der Waals surface area contributed by atoms with Crippen molar-refractivity contribution in [1.29, 1.82) is 0 Å². The fourth-order valence-corrected chi connectivity index (χ4v) is 2.04. The zero-order chi connectivity index (χ0) is 15.4. The van der Waals surface area contributed by atoms with Crippen molar-refractivity contribution in [2.24, 2.45) is 5.92 Å². The maximum absolute atomic E-state index is 12.1. The Balaban J connectivity index is 2.02. The van der Waals surface area contributed by atoms with E-state index in [1.54, 1.807) is 12.1 Å². The van der Waals surface area contributed by atoms with Gasteiger partial charge in [-0.2, -0.15) is 0 Å². The van der Waals surface area contributed by atoms with Crippen molar-refractivity contribution >= 4 is 23.6 Å². The number of nitrogens with one attached hydrogen (secondary N) is 2. The van der Waals surface area contributed by atoms with Crippen LogP contribution < -0.4 is 10.7 Å². The second-order valence-electron chi connectivity index (χ2n) is 4.87. The molecule has 0 spiro atoms. The third-order valence-corrected chi connectivity index (χ3v) is 3.18. The summed E-state index contributed by atoms with van der Waals surface area (Å²) in [5.74, 6) is -1.54. The number of nitrogens with zero attached hydrogens (tertiary/aromatic N) is 1. The number of carbonyl (C=O) groups is 3. The molecule has 1 aromatic rings. The first-order valence-corrected chi connectivity index (χ1v) is 6.52. The van der Waals surface area contributed by atoms with Crippen LogP contribution in [0, 0.1) is 12.8 Å². The molecule has 1 aromatic carbocycles. The number of amides is 3. The molecule has 7 nitrogen and oxygen atoms in total. The largest absolute Gasteiger partial charge is 0.469 e. The van der Waals surface area contributed by atoms with E-state index in [0.717, 1.165) is 10.6 Å². The molecule has 0 aliphatic carbocycles. The smallest absolute Gasteiger partial charge is 0.340 e. The van der Waals surface area contributed by atoms with E-state index in [2.05, 4.69) is 15.5 Å². The van der Waals surface area contributed by atoms with Gasteiger partial charge in [0.05, 0.1) is 19.6 Å². The molecule has 7 heteroatoms. The molecule has 0 aromatic heterocycles. The lowest BCUT2D eigenvalue weighted by molar-refractivity contribution is -0.151. The number of urea groups is 1. The van der Waals surface area contributed by atoms with Crippen LogP contribution in [0.5, 0.6) is 0 Å². The number of hydrazine groups is 1. The predicted octanol–water partition coefficient (Wildman–Crippen LogP) is 1.05. The van der Waals surface area contributed by atoms with E-state index in [1.165, 1.54) is 7.11 Å². The number of hydrogen-bond acceptors (Lipinski definition) is 4. The van der Waals surface area contributed by atoms with Gasteiger partial charge in [0.25, 0.3) is 0 Å². The first kappa shape index (κ1) is 14.8. The van der Waals surface area contributed by atoms with Gasteiger partial charge < -0.3 is 10.1 Å². The van der Waals surface area contributed by atoms with E-state index < -0.39 is 23.8 Å². The number of esters is 1. The molecule has 3 amide bonds. The Hall–Kier alpha value is -2.57. The molecule has 1 heterocycles. The summed E-state index contributed by atoms with van der Waals surface area (Å²) in [7, 11) is 1.26. The Kier molecular flexibility index (Phi) is 4.42. The standard InChI is InChI=1S/C14H17N3O4/c1-9-3-5-11(6-4-9)15-14(20)17-8-10(13(19)21-2)7-12(18)16-17/h3-6,10H,7-8H2,1-2H3,(H,15,20)(H,16,18). The molecule has 112 valence electrons. The lowest BCUT2D eigenvalue weighted by Crippen LogP contribution is -2.56. The van der Waals surface area contributed by atoms with Gasteiger partial charge >= 0.3 is 12.0 Å². The Morgan fingerprint density at radius 3 is 2.62 bits per heavy atom. The number of methoxy groups -OCH3 is 1. The van der Waals surface area contributed by atoms with E-state index >= 15 is 0 Å². The minimum Gasteiger partial charge on any atom is -0.469 e. The molecule has 0 saturated carbocycles. The summed E-state index contributed by atoms with van der Waals surface area (Å²) in [6, 6.07) is 6.75. The van der Waals surface area contributed by atoms with E-state index in [-0.39, 0.29) is 13.0 Å². The van der Waals surface area contributed by atoms with Gasteiger partial charge in [0.1, 0.15) is 0 Å². The van der Waals surface area contributed by atoms with Crippen LogP contribution in [0.2, 0.25) is 0 Å². The molecule has 0 radical (unpaired) electrons. The molecular formula is C14H17N3O4. The van der Waals surface area contributed by atoms with Crippen LogP contribution in [0.1, 0.15) is 12.0 Å². The van der Waals surface area contributed by atoms with E-state index in [1.807, 2.05) is 19.1 Å². The van der Waals surface area contributed by atoms with Gasteiger partial charge in [-0.15, -0.1) is 0 Å². The Morgan fingerprint density at radius 1 is 1.33 bits per heavy atom. The fourth-order valence-electron chi connectivity index (χ4n) is 2.04. The molecule has 1 saturated heterocycles.